The first kappa shape index (κ1) is 14.9. The number of benzene rings is 2. The minimum absolute atomic E-state index is 0.110. The Morgan fingerprint density at radius 1 is 1.10 bits per heavy atom. The molecule has 0 saturated carbocycles. The molecule has 0 aliphatic rings. The second kappa shape index (κ2) is 6.76. The van der Waals surface area contributed by atoms with Crippen LogP contribution >= 0.6 is 11.6 Å². The van der Waals surface area contributed by atoms with Gasteiger partial charge in [0.1, 0.15) is 0 Å². The van der Waals surface area contributed by atoms with Crippen LogP contribution in [0.1, 0.15) is 10.4 Å². The molecule has 21 heavy (non-hydrogen) atoms. The zero-order chi connectivity index (χ0) is 15.2. The third kappa shape index (κ3) is 3.97. The van der Waals surface area contributed by atoms with E-state index in [0.717, 1.165) is 0 Å². The number of carbonyl (C=O) groups is 2. The molecular weight excluding hydrogens is 294 g/mol. The van der Waals surface area contributed by atoms with Crippen molar-refractivity contribution < 1.29 is 19.1 Å². The number of hydrogen-bond donors (Lipinski definition) is 1. The fraction of sp³-hybridized carbons (Fsp3) is 0.0667. The number of ether oxygens (including phenoxy) is 2. The minimum Gasteiger partial charge on any atom is -0.437 e. The van der Waals surface area contributed by atoms with Crippen LogP contribution in [0.4, 0.5) is 10.5 Å². The summed E-state index contributed by atoms with van der Waals surface area (Å²) in [7, 11) is 1.19. The van der Waals surface area contributed by atoms with E-state index in [1.807, 2.05) is 6.07 Å². The van der Waals surface area contributed by atoms with Gasteiger partial charge < -0.3 is 14.8 Å². The Kier molecular flexibility index (Phi) is 4.79. The van der Waals surface area contributed by atoms with Crippen molar-refractivity contribution in [2.24, 2.45) is 0 Å². The smallest absolute Gasteiger partial charge is 0.437 e. The Morgan fingerprint density at radius 3 is 2.48 bits per heavy atom. The fourth-order valence-corrected chi connectivity index (χ4v) is 1.76. The Bertz CT molecular complexity index is 658. The predicted molar refractivity (Wildman–Crippen MR) is 78.9 cm³/mol. The summed E-state index contributed by atoms with van der Waals surface area (Å²) < 4.78 is 9.37. The number of rotatable bonds is 3. The molecule has 2 aromatic carbocycles. The molecule has 1 amide bonds. The highest BCUT2D eigenvalue weighted by Gasteiger charge is 2.13. The molecule has 2 aromatic rings. The molecule has 2 rings (SSSR count). The number of amides is 1. The van der Waals surface area contributed by atoms with Crippen molar-refractivity contribution in [1.29, 1.82) is 0 Å². The standard InChI is InChI=1S/C15H12ClNO4/c1-20-15(19)21-13-9-11(16)7-8-12(13)17-14(18)10-5-3-2-4-6-10/h2-9H,1H3,(H,17,18). The van der Waals surface area contributed by atoms with Gasteiger partial charge >= 0.3 is 6.16 Å². The first-order valence-corrected chi connectivity index (χ1v) is 6.39. The second-order valence-electron chi connectivity index (χ2n) is 4.02. The summed E-state index contributed by atoms with van der Waals surface area (Å²) in [6, 6.07) is 13.2. The van der Waals surface area contributed by atoms with Gasteiger partial charge in [0.25, 0.3) is 5.91 Å². The number of halogens is 1. The summed E-state index contributed by atoms with van der Waals surface area (Å²) in [4.78, 5) is 23.3. The van der Waals surface area contributed by atoms with Gasteiger partial charge in [0, 0.05) is 16.7 Å². The summed E-state index contributed by atoms with van der Waals surface area (Å²) in [6.45, 7) is 0. The molecule has 1 N–H and O–H groups in total. The van der Waals surface area contributed by atoms with Crippen molar-refractivity contribution >= 4 is 29.4 Å². The highest BCUT2D eigenvalue weighted by atomic mass is 35.5. The van der Waals surface area contributed by atoms with Crippen molar-refractivity contribution in [3.63, 3.8) is 0 Å². The Hall–Kier alpha value is -2.53. The monoisotopic (exact) mass is 305 g/mol. The van der Waals surface area contributed by atoms with Crippen LogP contribution in [0.3, 0.4) is 0 Å². The van der Waals surface area contributed by atoms with Crippen molar-refractivity contribution in [3.8, 4) is 5.75 Å². The molecule has 0 radical (unpaired) electrons. The largest absolute Gasteiger partial charge is 0.513 e. The number of nitrogens with one attached hydrogen (secondary N) is 1. The lowest BCUT2D eigenvalue weighted by Crippen LogP contribution is -2.14. The van der Waals surface area contributed by atoms with Gasteiger partial charge in [0.15, 0.2) is 5.75 Å². The molecule has 5 nitrogen and oxygen atoms in total. The molecule has 0 saturated heterocycles. The van der Waals surface area contributed by atoms with E-state index in [-0.39, 0.29) is 11.7 Å². The van der Waals surface area contributed by atoms with Gasteiger partial charge in [0.05, 0.1) is 12.8 Å². The summed E-state index contributed by atoms with van der Waals surface area (Å²) in [5, 5.41) is 3.02. The van der Waals surface area contributed by atoms with Crippen LogP contribution in [0.2, 0.25) is 5.02 Å². The summed E-state index contributed by atoms with van der Waals surface area (Å²) in [6.07, 6.45) is -0.896. The molecule has 0 atom stereocenters. The average Bonchev–Trinajstić information content (AvgIpc) is 2.50. The predicted octanol–water partition coefficient (Wildman–Crippen LogP) is 3.74. The van der Waals surface area contributed by atoms with E-state index in [1.54, 1.807) is 36.4 Å². The Morgan fingerprint density at radius 2 is 1.81 bits per heavy atom. The number of carbonyl (C=O) groups excluding carboxylic acids is 2. The van der Waals surface area contributed by atoms with Gasteiger partial charge in [-0.3, -0.25) is 4.79 Å². The van der Waals surface area contributed by atoms with E-state index in [4.69, 9.17) is 16.3 Å². The minimum atomic E-state index is -0.896. The summed E-state index contributed by atoms with van der Waals surface area (Å²) in [5.74, 6) is -0.216. The van der Waals surface area contributed by atoms with E-state index >= 15 is 0 Å². The van der Waals surface area contributed by atoms with Crippen LogP contribution in [0.15, 0.2) is 48.5 Å². The quantitative estimate of drug-likeness (QED) is 0.693. The van der Waals surface area contributed by atoms with Gasteiger partial charge in [-0.15, -0.1) is 0 Å². The molecule has 6 heteroatoms. The molecule has 0 aliphatic carbocycles. The first-order chi connectivity index (χ1) is 10.1. The van der Waals surface area contributed by atoms with Crippen molar-refractivity contribution in [2.75, 3.05) is 12.4 Å². The number of hydrogen-bond acceptors (Lipinski definition) is 4. The van der Waals surface area contributed by atoms with Gasteiger partial charge in [-0.2, -0.15) is 0 Å². The van der Waals surface area contributed by atoms with Crippen molar-refractivity contribution in [1.82, 2.24) is 0 Å². The molecule has 0 bridgehead atoms. The molecule has 0 unspecified atom stereocenters. The Labute approximate surface area is 126 Å². The maximum Gasteiger partial charge on any atom is 0.513 e. The lowest BCUT2D eigenvalue weighted by molar-refractivity contribution is 0.102. The third-order valence-corrected chi connectivity index (χ3v) is 2.82. The zero-order valence-corrected chi connectivity index (χ0v) is 11.9. The Balaban J connectivity index is 2.23. The topological polar surface area (TPSA) is 64.6 Å². The van der Waals surface area contributed by atoms with Crippen LogP contribution in [0, 0.1) is 0 Å². The normalized spacial score (nSPS) is 9.81. The lowest BCUT2D eigenvalue weighted by atomic mass is 10.2. The maximum absolute atomic E-state index is 12.1. The van der Waals surface area contributed by atoms with Gasteiger partial charge in [-0.1, -0.05) is 29.8 Å². The zero-order valence-electron chi connectivity index (χ0n) is 11.1. The van der Waals surface area contributed by atoms with Crippen LogP contribution in [-0.4, -0.2) is 19.2 Å². The van der Waals surface area contributed by atoms with E-state index in [9.17, 15) is 9.59 Å². The van der Waals surface area contributed by atoms with E-state index < -0.39 is 6.16 Å². The molecule has 0 heterocycles. The lowest BCUT2D eigenvalue weighted by Gasteiger charge is -2.11. The van der Waals surface area contributed by atoms with Crippen LogP contribution in [0.5, 0.6) is 5.75 Å². The molecule has 0 fully saturated rings. The maximum atomic E-state index is 12.1. The van der Waals surface area contributed by atoms with E-state index in [1.165, 1.54) is 13.2 Å². The average molecular weight is 306 g/mol. The second-order valence-corrected chi connectivity index (χ2v) is 4.45. The molecule has 0 spiro atoms. The molecule has 0 aliphatic heterocycles. The summed E-state index contributed by atoms with van der Waals surface area (Å²) >= 11 is 5.85. The molecule has 108 valence electrons. The number of methoxy groups -OCH3 is 1. The molecule has 0 aromatic heterocycles. The first-order valence-electron chi connectivity index (χ1n) is 6.02. The van der Waals surface area contributed by atoms with Crippen LogP contribution in [-0.2, 0) is 4.74 Å². The molecular formula is C15H12ClNO4. The van der Waals surface area contributed by atoms with Gasteiger partial charge in [0.2, 0.25) is 0 Å². The fourth-order valence-electron chi connectivity index (χ4n) is 1.60. The van der Waals surface area contributed by atoms with Crippen molar-refractivity contribution in [3.05, 3.63) is 59.1 Å². The summed E-state index contributed by atoms with van der Waals surface area (Å²) in [5.41, 5.74) is 0.801. The van der Waals surface area contributed by atoms with Crippen LogP contribution < -0.4 is 10.1 Å². The third-order valence-electron chi connectivity index (χ3n) is 2.59. The highest BCUT2D eigenvalue weighted by Crippen LogP contribution is 2.29. The number of anilines is 1. The van der Waals surface area contributed by atoms with E-state index in [0.29, 0.717) is 16.3 Å². The highest BCUT2D eigenvalue weighted by molar-refractivity contribution is 6.30. The SMILES string of the molecule is COC(=O)Oc1cc(Cl)ccc1NC(=O)c1ccccc1. The van der Waals surface area contributed by atoms with Crippen LogP contribution in [0.25, 0.3) is 0 Å². The van der Waals surface area contributed by atoms with Gasteiger partial charge in [-0.05, 0) is 24.3 Å². The van der Waals surface area contributed by atoms with Crippen molar-refractivity contribution in [2.45, 2.75) is 0 Å². The van der Waals surface area contributed by atoms with Gasteiger partial charge in [-0.25, -0.2) is 4.79 Å². The van der Waals surface area contributed by atoms with E-state index in [2.05, 4.69) is 10.1 Å².